The predicted octanol–water partition coefficient (Wildman–Crippen LogP) is -0.464. The van der Waals surface area contributed by atoms with Crippen molar-refractivity contribution in [2.45, 2.75) is 0 Å². The van der Waals surface area contributed by atoms with Gasteiger partial charge in [-0.15, -0.1) is 0 Å². The number of rotatable bonds is 5. The van der Waals surface area contributed by atoms with Crippen LogP contribution in [0.15, 0.2) is 12.1 Å². The molecule has 1 fully saturated rings. The van der Waals surface area contributed by atoms with Gasteiger partial charge in [0, 0.05) is 0 Å². The van der Waals surface area contributed by atoms with Gasteiger partial charge in [-0.3, -0.25) is 9.59 Å². The lowest BCUT2D eigenvalue weighted by Gasteiger charge is -2.16. The van der Waals surface area contributed by atoms with Gasteiger partial charge in [0.2, 0.25) is 0 Å². The third-order valence-electron chi connectivity index (χ3n) is 3.29. The molecule has 3 amide bonds. The van der Waals surface area contributed by atoms with Gasteiger partial charge in [-0.2, -0.15) is 0 Å². The van der Waals surface area contributed by atoms with E-state index in [4.69, 9.17) is 0 Å². The Morgan fingerprint density at radius 1 is 1.25 bits per heavy atom. The fraction of sp³-hybridized carbons (Fsp3) is 0.357. The summed E-state index contributed by atoms with van der Waals surface area (Å²) in [5.74, 6) is -5.76. The molecular formula is C14H15F3N3O4+. The molecule has 1 heterocycles. The first-order chi connectivity index (χ1) is 11.3. The van der Waals surface area contributed by atoms with Crippen molar-refractivity contribution in [2.75, 3.05) is 38.6 Å². The van der Waals surface area contributed by atoms with E-state index in [-0.39, 0.29) is 26.2 Å². The third kappa shape index (κ3) is 4.02. The Morgan fingerprint density at radius 2 is 1.96 bits per heavy atom. The smallest absolute Gasteiger partial charge is 0.416 e. The quantitative estimate of drug-likeness (QED) is 0.707. The molecule has 0 bridgehead atoms. The minimum atomic E-state index is -1.68. The topological polar surface area (TPSA) is 80.2 Å². The molecule has 1 aromatic rings. The van der Waals surface area contributed by atoms with Gasteiger partial charge in [0.05, 0.1) is 19.3 Å². The summed E-state index contributed by atoms with van der Waals surface area (Å²) in [5.41, 5.74) is -0.499. The lowest BCUT2D eigenvalue weighted by atomic mass is 10.2. The van der Waals surface area contributed by atoms with Crippen LogP contribution >= 0.6 is 0 Å². The number of nitrogens with zero attached hydrogens (tertiary/aromatic N) is 1. The minimum Gasteiger partial charge on any atom is -0.447 e. The number of imide groups is 1. The number of likely N-dealkylation sites (N-methyl/N-ethyl adjacent to an activating group) is 1. The van der Waals surface area contributed by atoms with Gasteiger partial charge in [0.15, 0.2) is 30.5 Å². The maximum absolute atomic E-state index is 13.5. The molecule has 1 saturated heterocycles. The monoisotopic (exact) mass is 346 g/mol. The van der Waals surface area contributed by atoms with Crippen molar-refractivity contribution in [3.8, 4) is 0 Å². The van der Waals surface area contributed by atoms with Crippen LogP contribution in [0.3, 0.4) is 0 Å². The molecule has 2 N–H and O–H groups in total. The van der Waals surface area contributed by atoms with Crippen molar-refractivity contribution in [1.29, 1.82) is 0 Å². The van der Waals surface area contributed by atoms with Gasteiger partial charge in [-0.05, 0) is 12.1 Å². The second-order valence-electron chi connectivity index (χ2n) is 5.24. The Labute approximate surface area is 135 Å². The van der Waals surface area contributed by atoms with Crippen LogP contribution in [0.25, 0.3) is 0 Å². The van der Waals surface area contributed by atoms with Gasteiger partial charge in [0.1, 0.15) is 6.61 Å². The summed E-state index contributed by atoms with van der Waals surface area (Å²) in [6.45, 7) is -0.132. The van der Waals surface area contributed by atoms with Crippen molar-refractivity contribution >= 4 is 23.6 Å². The summed E-state index contributed by atoms with van der Waals surface area (Å²) in [6, 6.07) is 1.58. The number of carbonyl (C=O) groups excluding carboxylic acids is 3. The molecule has 0 aliphatic carbocycles. The van der Waals surface area contributed by atoms with E-state index >= 15 is 0 Å². The molecule has 1 atom stereocenters. The SMILES string of the molecule is C[NH+](CC(=O)Nc1ccc(F)c(F)c1F)CC(=O)N1CCOC1=O. The van der Waals surface area contributed by atoms with E-state index in [1.54, 1.807) is 0 Å². The van der Waals surface area contributed by atoms with E-state index in [1.807, 2.05) is 0 Å². The van der Waals surface area contributed by atoms with Gasteiger partial charge >= 0.3 is 6.09 Å². The Morgan fingerprint density at radius 3 is 2.58 bits per heavy atom. The Balaban J connectivity index is 1.89. The summed E-state index contributed by atoms with van der Waals surface area (Å²) in [6.07, 6.45) is -0.735. The zero-order chi connectivity index (χ0) is 17.9. The number of amides is 3. The molecule has 10 heteroatoms. The molecular weight excluding hydrogens is 331 g/mol. The first kappa shape index (κ1) is 17.7. The number of quaternary nitrogens is 1. The number of halogens is 3. The zero-order valence-corrected chi connectivity index (χ0v) is 12.7. The van der Waals surface area contributed by atoms with Crippen molar-refractivity contribution in [3.63, 3.8) is 0 Å². The number of ether oxygens (including phenoxy) is 1. The second-order valence-corrected chi connectivity index (χ2v) is 5.24. The van der Waals surface area contributed by atoms with Crippen LogP contribution in [0.1, 0.15) is 0 Å². The first-order valence-electron chi connectivity index (χ1n) is 7.01. The molecule has 1 aliphatic heterocycles. The van der Waals surface area contributed by atoms with Crippen LogP contribution in [0, 0.1) is 17.5 Å². The van der Waals surface area contributed by atoms with E-state index in [0.29, 0.717) is 11.0 Å². The number of anilines is 1. The number of cyclic esters (lactones) is 1. The Bertz CT molecular complexity index is 683. The normalized spacial score (nSPS) is 15.2. The molecule has 130 valence electrons. The van der Waals surface area contributed by atoms with E-state index in [2.05, 4.69) is 10.1 Å². The van der Waals surface area contributed by atoms with E-state index in [9.17, 15) is 27.6 Å². The fourth-order valence-corrected chi connectivity index (χ4v) is 2.13. The predicted molar refractivity (Wildman–Crippen MR) is 74.6 cm³/mol. The summed E-state index contributed by atoms with van der Waals surface area (Å²) in [7, 11) is 1.51. The summed E-state index contributed by atoms with van der Waals surface area (Å²) < 4.78 is 44.0. The highest BCUT2D eigenvalue weighted by Crippen LogP contribution is 2.19. The maximum Gasteiger partial charge on any atom is 0.416 e. The highest BCUT2D eigenvalue weighted by Gasteiger charge is 2.30. The molecule has 0 spiro atoms. The third-order valence-corrected chi connectivity index (χ3v) is 3.29. The molecule has 2 rings (SSSR count). The van der Waals surface area contributed by atoms with Crippen LogP contribution in [0.4, 0.5) is 23.7 Å². The number of nitrogens with one attached hydrogen (secondary N) is 2. The van der Waals surface area contributed by atoms with Gasteiger partial charge in [-0.1, -0.05) is 0 Å². The fourth-order valence-electron chi connectivity index (χ4n) is 2.13. The van der Waals surface area contributed by atoms with E-state index < -0.39 is 41.0 Å². The molecule has 1 aliphatic rings. The van der Waals surface area contributed by atoms with Gasteiger partial charge in [0.25, 0.3) is 11.8 Å². The number of benzene rings is 1. The zero-order valence-electron chi connectivity index (χ0n) is 12.7. The highest BCUT2D eigenvalue weighted by molar-refractivity contribution is 5.94. The van der Waals surface area contributed by atoms with Gasteiger partial charge in [-0.25, -0.2) is 22.9 Å². The lowest BCUT2D eigenvalue weighted by molar-refractivity contribution is -0.862. The van der Waals surface area contributed by atoms with Crippen molar-refractivity contribution in [1.82, 2.24) is 4.90 Å². The lowest BCUT2D eigenvalue weighted by Crippen LogP contribution is -3.11. The standard InChI is InChI=1S/C14H14F3N3O4/c1-19(7-11(22)20-4-5-24-14(20)23)6-10(21)18-9-3-2-8(15)12(16)13(9)17/h2-3H,4-7H2,1H3,(H,18,21)/p+1. The first-order valence-corrected chi connectivity index (χ1v) is 7.01. The molecule has 1 unspecified atom stereocenters. The summed E-state index contributed by atoms with van der Waals surface area (Å²) in [4.78, 5) is 36.3. The maximum atomic E-state index is 13.5. The minimum absolute atomic E-state index is 0.125. The van der Waals surface area contributed by atoms with E-state index in [1.165, 1.54) is 7.05 Å². The second kappa shape index (κ2) is 7.30. The van der Waals surface area contributed by atoms with Crippen molar-refractivity contribution < 1.29 is 37.2 Å². The average molecular weight is 346 g/mol. The Kier molecular flexibility index (Phi) is 5.39. The molecule has 1 aromatic carbocycles. The van der Waals surface area contributed by atoms with Gasteiger partial charge < -0.3 is 15.0 Å². The Hall–Kier alpha value is -2.62. The largest absolute Gasteiger partial charge is 0.447 e. The summed E-state index contributed by atoms with van der Waals surface area (Å²) in [5, 5.41) is 2.10. The molecule has 0 saturated carbocycles. The highest BCUT2D eigenvalue weighted by atomic mass is 19.2. The number of hydrogen-bond acceptors (Lipinski definition) is 4. The van der Waals surface area contributed by atoms with Crippen LogP contribution in [0.2, 0.25) is 0 Å². The van der Waals surface area contributed by atoms with Crippen LogP contribution in [-0.4, -0.2) is 56.1 Å². The molecule has 0 radical (unpaired) electrons. The molecule has 0 aromatic heterocycles. The van der Waals surface area contributed by atoms with Crippen molar-refractivity contribution in [2.24, 2.45) is 0 Å². The van der Waals surface area contributed by atoms with Crippen LogP contribution in [0.5, 0.6) is 0 Å². The van der Waals surface area contributed by atoms with E-state index in [0.717, 1.165) is 11.0 Å². The number of hydrogen-bond donors (Lipinski definition) is 2. The van der Waals surface area contributed by atoms with Crippen LogP contribution in [-0.2, 0) is 14.3 Å². The average Bonchev–Trinajstić information content (AvgIpc) is 2.94. The van der Waals surface area contributed by atoms with Crippen molar-refractivity contribution in [3.05, 3.63) is 29.6 Å². The molecule has 24 heavy (non-hydrogen) atoms. The van der Waals surface area contributed by atoms with Crippen LogP contribution < -0.4 is 10.2 Å². The number of carbonyl (C=O) groups is 3. The summed E-state index contributed by atoms with van der Waals surface area (Å²) >= 11 is 0. The molecule has 7 nitrogen and oxygen atoms in total.